The van der Waals surface area contributed by atoms with Gasteiger partial charge in [0.15, 0.2) is 0 Å². The molecular weight excluding hydrogens is 321 g/mol. The van der Waals surface area contributed by atoms with Crippen LogP contribution >= 0.6 is 0 Å². The lowest BCUT2D eigenvalue weighted by atomic mass is 10.2. The monoisotopic (exact) mass is 338 g/mol. The highest BCUT2D eigenvalue weighted by atomic mass is 32.2. The lowest BCUT2D eigenvalue weighted by molar-refractivity contribution is -0.139. The SMILES string of the molecule is CCNC(=O)CN(CC)S(=O)(=O)c1ccccc1C(F)(F)F. The van der Waals surface area contributed by atoms with Crippen molar-refractivity contribution in [3.05, 3.63) is 29.8 Å². The number of alkyl halides is 3. The highest BCUT2D eigenvalue weighted by Crippen LogP contribution is 2.35. The van der Waals surface area contributed by atoms with E-state index in [0.29, 0.717) is 16.9 Å². The summed E-state index contributed by atoms with van der Waals surface area (Å²) >= 11 is 0. The molecule has 1 amide bonds. The number of halogens is 3. The van der Waals surface area contributed by atoms with E-state index in [4.69, 9.17) is 0 Å². The Morgan fingerprint density at radius 1 is 1.23 bits per heavy atom. The number of hydrogen-bond donors (Lipinski definition) is 1. The van der Waals surface area contributed by atoms with Crippen molar-refractivity contribution in [2.75, 3.05) is 19.6 Å². The largest absolute Gasteiger partial charge is 0.417 e. The fourth-order valence-electron chi connectivity index (χ4n) is 1.84. The van der Waals surface area contributed by atoms with Gasteiger partial charge in [0.25, 0.3) is 0 Å². The Hall–Kier alpha value is -1.61. The summed E-state index contributed by atoms with van der Waals surface area (Å²) in [5.41, 5.74) is -1.25. The number of benzene rings is 1. The number of amides is 1. The van der Waals surface area contributed by atoms with Crippen molar-refractivity contribution in [1.82, 2.24) is 9.62 Å². The van der Waals surface area contributed by atoms with Gasteiger partial charge in [-0.05, 0) is 19.1 Å². The van der Waals surface area contributed by atoms with Gasteiger partial charge >= 0.3 is 6.18 Å². The number of nitrogens with zero attached hydrogens (tertiary/aromatic N) is 1. The number of carbonyl (C=O) groups excluding carboxylic acids is 1. The molecule has 0 atom stereocenters. The van der Waals surface area contributed by atoms with Crippen LogP contribution in [0.4, 0.5) is 13.2 Å². The minimum Gasteiger partial charge on any atom is -0.355 e. The molecule has 0 saturated carbocycles. The molecule has 1 aromatic carbocycles. The maximum absolute atomic E-state index is 13.0. The van der Waals surface area contributed by atoms with Crippen LogP contribution in [-0.2, 0) is 21.0 Å². The Labute approximate surface area is 127 Å². The van der Waals surface area contributed by atoms with Crippen LogP contribution in [0.15, 0.2) is 29.2 Å². The number of nitrogens with one attached hydrogen (secondary N) is 1. The third kappa shape index (κ3) is 4.20. The highest BCUT2D eigenvalue weighted by molar-refractivity contribution is 7.89. The van der Waals surface area contributed by atoms with E-state index < -0.39 is 39.1 Å². The predicted octanol–water partition coefficient (Wildman–Crippen LogP) is 1.85. The molecule has 0 aliphatic rings. The second-order valence-corrected chi connectivity index (χ2v) is 6.28. The first-order chi connectivity index (χ1) is 10.1. The lowest BCUT2D eigenvalue weighted by Gasteiger charge is -2.22. The molecule has 0 spiro atoms. The summed E-state index contributed by atoms with van der Waals surface area (Å²) < 4.78 is 64.4. The summed E-state index contributed by atoms with van der Waals surface area (Å²) in [6.07, 6.45) is -4.80. The van der Waals surface area contributed by atoms with Gasteiger partial charge in [-0.3, -0.25) is 4.79 Å². The minimum absolute atomic E-state index is 0.119. The molecule has 0 aromatic heterocycles. The molecule has 0 fully saturated rings. The van der Waals surface area contributed by atoms with Crippen LogP contribution in [0.25, 0.3) is 0 Å². The zero-order valence-corrected chi connectivity index (χ0v) is 13.0. The van der Waals surface area contributed by atoms with Crippen LogP contribution in [0.2, 0.25) is 0 Å². The molecule has 0 saturated heterocycles. The summed E-state index contributed by atoms with van der Waals surface area (Å²) in [6.45, 7) is 2.76. The molecule has 1 aromatic rings. The summed E-state index contributed by atoms with van der Waals surface area (Å²) in [5.74, 6) is -0.572. The Morgan fingerprint density at radius 2 is 1.82 bits per heavy atom. The topological polar surface area (TPSA) is 66.5 Å². The number of carbonyl (C=O) groups is 1. The average Bonchev–Trinajstić information content (AvgIpc) is 2.44. The second-order valence-electron chi connectivity index (χ2n) is 4.38. The molecule has 22 heavy (non-hydrogen) atoms. The van der Waals surface area contributed by atoms with Crippen molar-refractivity contribution in [3.63, 3.8) is 0 Å². The Balaban J connectivity index is 3.25. The summed E-state index contributed by atoms with van der Waals surface area (Å²) in [5, 5.41) is 2.41. The van der Waals surface area contributed by atoms with Crippen molar-refractivity contribution >= 4 is 15.9 Å². The van der Waals surface area contributed by atoms with Crippen LogP contribution in [0.3, 0.4) is 0 Å². The molecule has 124 valence electrons. The number of sulfonamides is 1. The Morgan fingerprint density at radius 3 is 2.32 bits per heavy atom. The molecule has 1 N–H and O–H groups in total. The summed E-state index contributed by atoms with van der Waals surface area (Å²) in [6, 6.07) is 3.91. The van der Waals surface area contributed by atoms with Crippen LogP contribution in [0.1, 0.15) is 19.4 Å². The molecular formula is C13H17F3N2O3S. The molecule has 9 heteroatoms. The van der Waals surface area contributed by atoms with E-state index in [1.54, 1.807) is 6.92 Å². The Kier molecular flexibility index (Phi) is 5.95. The van der Waals surface area contributed by atoms with Gasteiger partial charge in [0, 0.05) is 13.1 Å². The van der Waals surface area contributed by atoms with Gasteiger partial charge in [-0.2, -0.15) is 17.5 Å². The highest BCUT2D eigenvalue weighted by Gasteiger charge is 2.38. The van der Waals surface area contributed by atoms with E-state index in [-0.39, 0.29) is 6.54 Å². The summed E-state index contributed by atoms with van der Waals surface area (Å²) in [7, 11) is -4.43. The van der Waals surface area contributed by atoms with E-state index >= 15 is 0 Å². The standard InChI is InChI=1S/C13H17F3N2O3S/c1-3-17-12(19)9-18(4-2)22(20,21)11-8-6-5-7-10(11)13(14,15)16/h5-8H,3-4,9H2,1-2H3,(H,17,19). The van der Waals surface area contributed by atoms with E-state index in [9.17, 15) is 26.4 Å². The Bertz CT molecular complexity index is 630. The van der Waals surface area contributed by atoms with Crippen LogP contribution in [-0.4, -0.2) is 38.3 Å². The van der Waals surface area contributed by atoms with Gasteiger partial charge in [-0.25, -0.2) is 8.42 Å². The third-order valence-electron chi connectivity index (χ3n) is 2.86. The van der Waals surface area contributed by atoms with Crippen molar-refractivity contribution in [1.29, 1.82) is 0 Å². The minimum atomic E-state index is -4.80. The van der Waals surface area contributed by atoms with Crippen LogP contribution in [0, 0.1) is 0 Å². The average molecular weight is 338 g/mol. The van der Waals surface area contributed by atoms with Gasteiger partial charge in [0.05, 0.1) is 17.0 Å². The van der Waals surface area contributed by atoms with Crippen molar-refractivity contribution in [2.24, 2.45) is 0 Å². The van der Waals surface area contributed by atoms with Gasteiger partial charge in [-0.1, -0.05) is 19.1 Å². The molecule has 0 unspecified atom stereocenters. The normalized spacial score (nSPS) is 12.5. The second kappa shape index (κ2) is 7.10. The maximum Gasteiger partial charge on any atom is 0.417 e. The van der Waals surface area contributed by atoms with E-state index in [2.05, 4.69) is 5.32 Å². The van der Waals surface area contributed by atoms with E-state index in [0.717, 1.165) is 12.1 Å². The first-order valence-corrected chi connectivity index (χ1v) is 8.01. The van der Waals surface area contributed by atoms with E-state index in [1.807, 2.05) is 0 Å². The van der Waals surface area contributed by atoms with Crippen LogP contribution in [0.5, 0.6) is 0 Å². The van der Waals surface area contributed by atoms with Gasteiger partial charge < -0.3 is 5.32 Å². The quantitative estimate of drug-likeness (QED) is 0.861. The van der Waals surface area contributed by atoms with Crippen molar-refractivity contribution in [2.45, 2.75) is 24.9 Å². The van der Waals surface area contributed by atoms with Gasteiger partial charge in [0.2, 0.25) is 15.9 Å². The van der Waals surface area contributed by atoms with E-state index in [1.165, 1.54) is 13.0 Å². The van der Waals surface area contributed by atoms with Crippen molar-refractivity contribution < 1.29 is 26.4 Å². The zero-order chi connectivity index (χ0) is 17.0. The van der Waals surface area contributed by atoms with Crippen LogP contribution < -0.4 is 5.32 Å². The molecule has 0 aliphatic heterocycles. The summed E-state index contributed by atoms with van der Waals surface area (Å²) in [4.78, 5) is 10.7. The third-order valence-corrected chi connectivity index (χ3v) is 4.84. The fraction of sp³-hybridized carbons (Fsp3) is 0.462. The first-order valence-electron chi connectivity index (χ1n) is 6.57. The maximum atomic E-state index is 13.0. The molecule has 1 rings (SSSR count). The lowest BCUT2D eigenvalue weighted by Crippen LogP contribution is -2.41. The number of likely N-dealkylation sites (N-methyl/N-ethyl adjacent to an activating group) is 2. The van der Waals surface area contributed by atoms with Gasteiger partial charge in [0.1, 0.15) is 0 Å². The fourth-order valence-corrected chi connectivity index (χ4v) is 3.46. The number of hydrogen-bond acceptors (Lipinski definition) is 3. The predicted molar refractivity (Wildman–Crippen MR) is 74.6 cm³/mol. The molecule has 0 bridgehead atoms. The van der Waals surface area contributed by atoms with Gasteiger partial charge in [-0.15, -0.1) is 0 Å². The number of rotatable bonds is 6. The molecule has 5 nitrogen and oxygen atoms in total. The first kappa shape index (κ1) is 18.4. The molecule has 0 heterocycles. The van der Waals surface area contributed by atoms with Crippen molar-refractivity contribution in [3.8, 4) is 0 Å². The smallest absolute Gasteiger partial charge is 0.355 e. The zero-order valence-electron chi connectivity index (χ0n) is 12.1. The molecule has 0 radical (unpaired) electrons. The molecule has 0 aliphatic carbocycles.